The molecule has 7 heteroatoms. The van der Waals surface area contributed by atoms with Gasteiger partial charge < -0.3 is 15.5 Å². The first-order valence-corrected chi connectivity index (χ1v) is 9.75. The molecule has 1 heterocycles. The third-order valence-electron chi connectivity index (χ3n) is 3.96. The van der Waals surface area contributed by atoms with Crippen LogP contribution < -0.4 is 15.5 Å². The monoisotopic (exact) mass is 378 g/mol. The molecule has 0 aliphatic rings. The fourth-order valence-corrected chi connectivity index (χ4v) is 3.47. The molecule has 1 aromatic heterocycles. The van der Waals surface area contributed by atoms with Crippen molar-refractivity contribution in [2.24, 2.45) is 5.92 Å². The molecule has 0 fully saturated rings. The van der Waals surface area contributed by atoms with E-state index in [9.17, 15) is 9.18 Å². The second kappa shape index (κ2) is 9.64. The van der Waals surface area contributed by atoms with Crippen molar-refractivity contribution in [3.8, 4) is 0 Å². The van der Waals surface area contributed by atoms with Gasteiger partial charge in [-0.2, -0.15) is 0 Å². The van der Waals surface area contributed by atoms with Crippen molar-refractivity contribution in [1.82, 2.24) is 10.3 Å². The van der Waals surface area contributed by atoms with Gasteiger partial charge in [0.2, 0.25) is 5.91 Å². The van der Waals surface area contributed by atoms with Gasteiger partial charge in [-0.1, -0.05) is 13.8 Å². The summed E-state index contributed by atoms with van der Waals surface area (Å²) in [7, 11) is 1.79. The molecule has 0 spiro atoms. The van der Waals surface area contributed by atoms with Crippen molar-refractivity contribution < 1.29 is 9.18 Å². The highest BCUT2D eigenvalue weighted by Gasteiger charge is 2.26. The SMILES string of the molecule is CCNc1nc(CN(C(=O)C(CC(C)C)NC)c2ccc(F)cc2)cs1. The van der Waals surface area contributed by atoms with Crippen LogP contribution in [0.5, 0.6) is 0 Å². The predicted octanol–water partition coefficient (Wildman–Crippen LogP) is 3.88. The van der Waals surface area contributed by atoms with Crippen LogP contribution in [-0.2, 0) is 11.3 Å². The van der Waals surface area contributed by atoms with Crippen molar-refractivity contribution in [2.75, 3.05) is 23.8 Å². The third-order valence-corrected chi connectivity index (χ3v) is 4.81. The molecule has 1 atom stereocenters. The van der Waals surface area contributed by atoms with Crippen LogP contribution in [0, 0.1) is 11.7 Å². The standard InChI is InChI=1S/C19H27FN4OS/c1-5-22-19-23-15(12-26-19)11-24(16-8-6-14(20)7-9-16)18(25)17(21-4)10-13(2)3/h6-9,12-13,17,21H,5,10-11H2,1-4H3,(H,22,23). The van der Waals surface area contributed by atoms with Gasteiger partial charge in [0.15, 0.2) is 5.13 Å². The van der Waals surface area contributed by atoms with Gasteiger partial charge in [-0.05, 0) is 50.6 Å². The van der Waals surface area contributed by atoms with Gasteiger partial charge in [0.25, 0.3) is 0 Å². The van der Waals surface area contributed by atoms with Gasteiger partial charge in [0.05, 0.1) is 18.3 Å². The number of rotatable bonds is 9. The average molecular weight is 379 g/mol. The lowest BCUT2D eigenvalue weighted by Gasteiger charge is -2.27. The molecule has 0 aliphatic heterocycles. The van der Waals surface area contributed by atoms with Crippen LogP contribution in [0.3, 0.4) is 0 Å². The first kappa shape index (κ1) is 20.3. The van der Waals surface area contributed by atoms with Gasteiger partial charge in [0, 0.05) is 17.6 Å². The van der Waals surface area contributed by atoms with E-state index >= 15 is 0 Å². The molecule has 0 bridgehead atoms. The molecular formula is C19H27FN4OS. The normalized spacial score (nSPS) is 12.2. The number of nitrogens with zero attached hydrogens (tertiary/aromatic N) is 2. The summed E-state index contributed by atoms with van der Waals surface area (Å²) in [5, 5.41) is 9.07. The second-order valence-corrected chi connectivity index (χ2v) is 7.40. The fraction of sp³-hybridized carbons (Fsp3) is 0.474. The molecule has 1 amide bonds. The predicted molar refractivity (Wildman–Crippen MR) is 106 cm³/mol. The molecule has 142 valence electrons. The van der Waals surface area contributed by atoms with Crippen LogP contribution >= 0.6 is 11.3 Å². The molecule has 0 radical (unpaired) electrons. The number of amides is 1. The second-order valence-electron chi connectivity index (χ2n) is 6.55. The Bertz CT molecular complexity index is 702. The Morgan fingerprint density at radius 1 is 1.31 bits per heavy atom. The first-order valence-electron chi connectivity index (χ1n) is 8.87. The molecule has 26 heavy (non-hydrogen) atoms. The molecule has 2 aromatic rings. The van der Waals surface area contributed by atoms with Crippen LogP contribution in [0.15, 0.2) is 29.6 Å². The number of likely N-dealkylation sites (N-methyl/N-ethyl adjacent to an activating group) is 1. The van der Waals surface area contributed by atoms with Gasteiger partial charge in [-0.15, -0.1) is 11.3 Å². The minimum Gasteiger partial charge on any atom is -0.362 e. The summed E-state index contributed by atoms with van der Waals surface area (Å²) >= 11 is 1.51. The quantitative estimate of drug-likeness (QED) is 0.695. The highest BCUT2D eigenvalue weighted by Crippen LogP contribution is 2.23. The number of halogens is 1. The lowest BCUT2D eigenvalue weighted by Crippen LogP contribution is -2.46. The van der Waals surface area contributed by atoms with E-state index < -0.39 is 0 Å². The number of carbonyl (C=O) groups excluding carboxylic acids is 1. The zero-order valence-electron chi connectivity index (χ0n) is 15.8. The number of carbonyl (C=O) groups is 1. The van der Waals surface area contributed by atoms with E-state index in [1.807, 2.05) is 12.3 Å². The average Bonchev–Trinajstić information content (AvgIpc) is 3.05. The number of hydrogen-bond acceptors (Lipinski definition) is 5. The van der Waals surface area contributed by atoms with Crippen molar-refractivity contribution in [3.05, 3.63) is 41.2 Å². The fourth-order valence-electron chi connectivity index (χ4n) is 2.69. The van der Waals surface area contributed by atoms with Gasteiger partial charge >= 0.3 is 0 Å². The van der Waals surface area contributed by atoms with Crippen molar-refractivity contribution in [3.63, 3.8) is 0 Å². The van der Waals surface area contributed by atoms with E-state index in [2.05, 4.69) is 29.5 Å². The summed E-state index contributed by atoms with van der Waals surface area (Å²) in [6.07, 6.45) is 0.729. The summed E-state index contributed by atoms with van der Waals surface area (Å²) in [4.78, 5) is 19.4. The van der Waals surface area contributed by atoms with Crippen LogP contribution in [0.2, 0.25) is 0 Å². The highest BCUT2D eigenvalue weighted by molar-refractivity contribution is 7.13. The molecule has 0 saturated carbocycles. The van der Waals surface area contributed by atoms with Gasteiger partial charge in [-0.3, -0.25) is 4.79 Å². The van der Waals surface area contributed by atoms with E-state index in [1.54, 1.807) is 24.1 Å². The highest BCUT2D eigenvalue weighted by atomic mass is 32.1. The van der Waals surface area contributed by atoms with Crippen LogP contribution in [0.4, 0.5) is 15.2 Å². The molecule has 2 rings (SSSR count). The largest absolute Gasteiger partial charge is 0.362 e. The number of hydrogen-bond donors (Lipinski definition) is 2. The number of benzene rings is 1. The summed E-state index contributed by atoms with van der Waals surface area (Å²) in [6, 6.07) is 5.71. The lowest BCUT2D eigenvalue weighted by molar-refractivity contribution is -0.121. The van der Waals surface area contributed by atoms with Crippen molar-refractivity contribution >= 4 is 28.1 Å². The van der Waals surface area contributed by atoms with Crippen LogP contribution in [-0.4, -0.2) is 30.5 Å². The molecular weight excluding hydrogens is 351 g/mol. The molecule has 5 nitrogen and oxygen atoms in total. The zero-order valence-corrected chi connectivity index (χ0v) is 16.6. The molecule has 0 aliphatic carbocycles. The Hall–Kier alpha value is -1.99. The van der Waals surface area contributed by atoms with Crippen molar-refractivity contribution in [2.45, 2.75) is 39.8 Å². The van der Waals surface area contributed by atoms with E-state index in [0.717, 1.165) is 23.8 Å². The minimum absolute atomic E-state index is 0.0363. The van der Waals surface area contributed by atoms with E-state index in [1.165, 1.54) is 23.5 Å². The molecule has 1 aromatic carbocycles. The number of anilines is 2. The van der Waals surface area contributed by atoms with Crippen molar-refractivity contribution in [1.29, 1.82) is 0 Å². The first-order chi connectivity index (χ1) is 12.4. The smallest absolute Gasteiger partial charge is 0.244 e. The van der Waals surface area contributed by atoms with E-state index in [-0.39, 0.29) is 17.8 Å². The Balaban J connectivity index is 2.28. The maximum atomic E-state index is 13.3. The molecule has 2 N–H and O–H groups in total. The maximum absolute atomic E-state index is 13.3. The topological polar surface area (TPSA) is 57.3 Å². The number of nitrogens with one attached hydrogen (secondary N) is 2. The Morgan fingerprint density at radius 3 is 2.58 bits per heavy atom. The number of thiazole rings is 1. The molecule has 1 unspecified atom stereocenters. The third kappa shape index (κ3) is 5.51. The van der Waals surface area contributed by atoms with Gasteiger partial charge in [-0.25, -0.2) is 9.37 Å². The zero-order chi connectivity index (χ0) is 19.1. The van der Waals surface area contributed by atoms with Crippen LogP contribution in [0.25, 0.3) is 0 Å². The summed E-state index contributed by atoms with van der Waals surface area (Å²) < 4.78 is 13.3. The lowest BCUT2D eigenvalue weighted by atomic mass is 10.0. The summed E-state index contributed by atoms with van der Waals surface area (Å²) in [6.45, 7) is 7.33. The number of aromatic nitrogens is 1. The van der Waals surface area contributed by atoms with Gasteiger partial charge in [0.1, 0.15) is 5.82 Å². The Labute approximate surface area is 158 Å². The molecule has 0 saturated heterocycles. The minimum atomic E-state index is -0.323. The summed E-state index contributed by atoms with van der Waals surface area (Å²) in [5.74, 6) is 0.0218. The van der Waals surface area contributed by atoms with E-state index in [0.29, 0.717) is 18.2 Å². The Morgan fingerprint density at radius 2 is 2.00 bits per heavy atom. The van der Waals surface area contributed by atoms with E-state index in [4.69, 9.17) is 0 Å². The van der Waals surface area contributed by atoms with Crippen LogP contribution in [0.1, 0.15) is 32.9 Å². The summed E-state index contributed by atoms with van der Waals surface area (Å²) in [5.41, 5.74) is 1.47. The Kier molecular flexibility index (Phi) is 7.53. The maximum Gasteiger partial charge on any atom is 0.244 e.